The fourth-order valence-corrected chi connectivity index (χ4v) is 4.26. The van der Waals surface area contributed by atoms with Crippen LogP contribution in [0.25, 0.3) is 0 Å². The minimum atomic E-state index is -0.397. The first kappa shape index (κ1) is 15.1. The number of halogens is 1. The molecule has 1 fully saturated rings. The molecule has 4 heteroatoms. The molecule has 3 N–H and O–H groups in total. The van der Waals surface area contributed by atoms with E-state index >= 15 is 0 Å². The minimum absolute atomic E-state index is 0.0814. The summed E-state index contributed by atoms with van der Waals surface area (Å²) in [6.45, 7) is 5.44. The van der Waals surface area contributed by atoms with Crippen LogP contribution in [0.5, 0.6) is 5.75 Å². The van der Waals surface area contributed by atoms with Gasteiger partial charge in [-0.15, -0.1) is 0 Å². The molecule has 2 aliphatic rings. The summed E-state index contributed by atoms with van der Waals surface area (Å²) < 4.78 is 5.79. The Bertz CT molecular complexity index is 558. The standard InChI is InChI=1S/C17H24ClNO2/c1-16(2)4-5-17(10-19,15(16)20)9-12-8-13(18)7-11-3-6-21-14(11)12/h7-8,15,20H,3-6,9-10,19H2,1-2H3. The van der Waals surface area contributed by atoms with Crippen molar-refractivity contribution in [1.29, 1.82) is 0 Å². The van der Waals surface area contributed by atoms with Gasteiger partial charge in [0.15, 0.2) is 0 Å². The molecule has 0 bridgehead atoms. The molecule has 0 spiro atoms. The van der Waals surface area contributed by atoms with Crippen molar-refractivity contribution in [2.24, 2.45) is 16.6 Å². The van der Waals surface area contributed by atoms with Crippen LogP contribution in [0.3, 0.4) is 0 Å². The van der Waals surface area contributed by atoms with Crippen molar-refractivity contribution in [3.05, 3.63) is 28.3 Å². The van der Waals surface area contributed by atoms with E-state index in [1.54, 1.807) is 0 Å². The molecule has 2 unspecified atom stereocenters. The van der Waals surface area contributed by atoms with Crippen LogP contribution in [-0.4, -0.2) is 24.4 Å². The molecule has 116 valence electrons. The third-order valence-corrected chi connectivity index (χ3v) is 5.58. The van der Waals surface area contributed by atoms with Gasteiger partial charge in [-0.25, -0.2) is 0 Å². The van der Waals surface area contributed by atoms with Crippen LogP contribution in [0.2, 0.25) is 5.02 Å². The smallest absolute Gasteiger partial charge is 0.125 e. The minimum Gasteiger partial charge on any atom is -0.493 e. The van der Waals surface area contributed by atoms with Gasteiger partial charge in [-0.3, -0.25) is 0 Å². The van der Waals surface area contributed by atoms with E-state index in [0.717, 1.165) is 42.0 Å². The Hall–Kier alpha value is -0.770. The molecule has 1 heterocycles. The van der Waals surface area contributed by atoms with Crippen LogP contribution in [-0.2, 0) is 12.8 Å². The Morgan fingerprint density at radius 3 is 2.76 bits per heavy atom. The molecule has 3 nitrogen and oxygen atoms in total. The third-order valence-electron chi connectivity index (χ3n) is 5.36. The zero-order valence-corrected chi connectivity index (χ0v) is 13.5. The summed E-state index contributed by atoms with van der Waals surface area (Å²) in [6.07, 6.45) is 3.18. The Morgan fingerprint density at radius 1 is 1.38 bits per heavy atom. The molecular weight excluding hydrogens is 286 g/mol. The van der Waals surface area contributed by atoms with Gasteiger partial charge in [0.2, 0.25) is 0 Å². The average Bonchev–Trinajstić information content (AvgIpc) is 2.98. The van der Waals surface area contributed by atoms with E-state index in [0.29, 0.717) is 13.2 Å². The summed E-state index contributed by atoms with van der Waals surface area (Å²) in [4.78, 5) is 0. The molecule has 2 atom stereocenters. The highest BCUT2D eigenvalue weighted by Crippen LogP contribution is 2.51. The molecular formula is C17H24ClNO2. The number of hydrogen-bond acceptors (Lipinski definition) is 3. The summed E-state index contributed by atoms with van der Waals surface area (Å²) in [6, 6.07) is 3.96. The van der Waals surface area contributed by atoms with Crippen molar-refractivity contribution >= 4 is 11.6 Å². The Kier molecular flexibility index (Phi) is 3.71. The highest BCUT2D eigenvalue weighted by Gasteiger charge is 2.51. The summed E-state index contributed by atoms with van der Waals surface area (Å²) >= 11 is 6.25. The molecule has 1 aromatic carbocycles. The average molecular weight is 310 g/mol. The number of rotatable bonds is 3. The highest BCUT2D eigenvalue weighted by atomic mass is 35.5. The molecule has 0 aromatic heterocycles. The van der Waals surface area contributed by atoms with Gasteiger partial charge in [0.05, 0.1) is 12.7 Å². The number of nitrogens with two attached hydrogens (primary N) is 1. The topological polar surface area (TPSA) is 55.5 Å². The van der Waals surface area contributed by atoms with Crippen molar-refractivity contribution in [2.45, 2.75) is 45.6 Å². The fourth-order valence-electron chi connectivity index (χ4n) is 4.00. The highest BCUT2D eigenvalue weighted by molar-refractivity contribution is 6.30. The van der Waals surface area contributed by atoms with Crippen molar-refractivity contribution in [3.63, 3.8) is 0 Å². The number of hydrogen-bond donors (Lipinski definition) is 2. The van der Waals surface area contributed by atoms with Crippen LogP contribution in [0.15, 0.2) is 12.1 Å². The molecule has 1 aliphatic carbocycles. The predicted molar refractivity (Wildman–Crippen MR) is 84.9 cm³/mol. The lowest BCUT2D eigenvalue weighted by Gasteiger charge is -2.36. The second-order valence-electron chi connectivity index (χ2n) is 7.29. The summed E-state index contributed by atoms with van der Waals surface area (Å²) in [5.74, 6) is 0.962. The van der Waals surface area contributed by atoms with Crippen LogP contribution in [0.1, 0.15) is 37.8 Å². The molecule has 1 aromatic rings. The van der Waals surface area contributed by atoms with E-state index in [2.05, 4.69) is 13.8 Å². The SMILES string of the molecule is CC1(C)CCC(CN)(Cc2cc(Cl)cc3c2OCC3)C1O. The van der Waals surface area contributed by atoms with Gasteiger partial charge in [-0.2, -0.15) is 0 Å². The molecule has 1 aliphatic heterocycles. The van der Waals surface area contributed by atoms with Crippen molar-refractivity contribution in [3.8, 4) is 5.75 Å². The van der Waals surface area contributed by atoms with Gasteiger partial charge in [-0.1, -0.05) is 25.4 Å². The monoisotopic (exact) mass is 309 g/mol. The maximum atomic E-state index is 10.8. The number of benzene rings is 1. The molecule has 0 saturated heterocycles. The molecule has 21 heavy (non-hydrogen) atoms. The Labute approximate surface area is 131 Å². The first-order chi connectivity index (χ1) is 9.88. The van der Waals surface area contributed by atoms with Crippen molar-refractivity contribution in [2.75, 3.05) is 13.2 Å². The van der Waals surface area contributed by atoms with Crippen LogP contribution >= 0.6 is 11.6 Å². The van der Waals surface area contributed by atoms with Gasteiger partial charge >= 0.3 is 0 Å². The van der Waals surface area contributed by atoms with Crippen LogP contribution in [0.4, 0.5) is 0 Å². The number of ether oxygens (including phenoxy) is 1. The van der Waals surface area contributed by atoms with E-state index < -0.39 is 6.10 Å². The quantitative estimate of drug-likeness (QED) is 0.902. The molecule has 0 amide bonds. The van der Waals surface area contributed by atoms with Crippen molar-refractivity contribution < 1.29 is 9.84 Å². The summed E-state index contributed by atoms with van der Waals surface area (Å²) in [5, 5.41) is 11.5. The third kappa shape index (κ3) is 2.45. The van der Waals surface area contributed by atoms with Gasteiger partial charge < -0.3 is 15.6 Å². The number of fused-ring (bicyclic) bond motifs is 1. The van der Waals surface area contributed by atoms with Gasteiger partial charge in [0, 0.05) is 23.4 Å². The molecule has 1 saturated carbocycles. The van der Waals surface area contributed by atoms with E-state index in [4.69, 9.17) is 22.1 Å². The largest absolute Gasteiger partial charge is 0.493 e. The number of aliphatic hydroxyl groups excluding tert-OH is 1. The lowest BCUT2D eigenvalue weighted by atomic mass is 9.74. The van der Waals surface area contributed by atoms with Crippen molar-refractivity contribution in [1.82, 2.24) is 0 Å². The predicted octanol–water partition coefficient (Wildman–Crippen LogP) is 2.94. The maximum absolute atomic E-state index is 10.8. The van der Waals surface area contributed by atoms with E-state index in [-0.39, 0.29) is 10.8 Å². The number of aliphatic hydroxyl groups is 1. The Morgan fingerprint density at radius 2 is 2.14 bits per heavy atom. The van der Waals surface area contributed by atoms with Gasteiger partial charge in [0.1, 0.15) is 5.75 Å². The lowest BCUT2D eigenvalue weighted by Crippen LogP contribution is -2.44. The van der Waals surface area contributed by atoms with E-state index in [1.165, 1.54) is 5.56 Å². The molecule has 3 rings (SSSR count). The fraction of sp³-hybridized carbons (Fsp3) is 0.647. The molecule has 0 radical (unpaired) electrons. The second kappa shape index (κ2) is 5.15. The first-order valence-corrected chi connectivity index (χ1v) is 8.08. The maximum Gasteiger partial charge on any atom is 0.125 e. The van der Waals surface area contributed by atoms with Gasteiger partial charge in [0.25, 0.3) is 0 Å². The summed E-state index contributed by atoms with van der Waals surface area (Å²) in [7, 11) is 0. The Balaban J connectivity index is 1.96. The lowest BCUT2D eigenvalue weighted by molar-refractivity contribution is -0.00485. The zero-order chi connectivity index (χ0) is 15.3. The second-order valence-corrected chi connectivity index (χ2v) is 7.72. The van der Waals surface area contributed by atoms with E-state index in [1.807, 2.05) is 12.1 Å². The zero-order valence-electron chi connectivity index (χ0n) is 12.8. The first-order valence-electron chi connectivity index (χ1n) is 7.70. The van der Waals surface area contributed by atoms with Gasteiger partial charge in [-0.05, 0) is 47.9 Å². The normalized spacial score (nSPS) is 30.2. The van der Waals surface area contributed by atoms with Crippen LogP contribution in [0, 0.1) is 10.8 Å². The van der Waals surface area contributed by atoms with Crippen LogP contribution < -0.4 is 10.5 Å². The van der Waals surface area contributed by atoms with E-state index in [9.17, 15) is 5.11 Å². The summed E-state index contributed by atoms with van der Waals surface area (Å²) in [5.41, 5.74) is 8.00.